The van der Waals surface area contributed by atoms with E-state index >= 15 is 0 Å². The van der Waals surface area contributed by atoms with Crippen LogP contribution in [0.4, 0.5) is 0 Å². The summed E-state index contributed by atoms with van der Waals surface area (Å²) >= 11 is 0. The molecule has 0 radical (unpaired) electrons. The van der Waals surface area contributed by atoms with Gasteiger partial charge in [0.2, 0.25) is 0 Å². The second-order valence-electron chi connectivity index (χ2n) is 4.09. The highest BCUT2D eigenvalue weighted by atomic mass is 16.1. The van der Waals surface area contributed by atoms with Gasteiger partial charge in [-0.15, -0.1) is 0 Å². The number of hydrogen-bond acceptors (Lipinski definition) is 1. The molecule has 0 aliphatic rings. The van der Waals surface area contributed by atoms with Gasteiger partial charge in [0.15, 0.2) is 0 Å². The molecule has 0 unspecified atom stereocenters. The molecule has 0 saturated heterocycles. The van der Waals surface area contributed by atoms with Gasteiger partial charge in [-0.1, -0.05) is 43.4 Å². The molecule has 0 saturated carbocycles. The highest BCUT2D eigenvalue weighted by Gasteiger charge is 1.83. The van der Waals surface area contributed by atoms with E-state index in [2.05, 4.69) is 43.4 Å². The fourth-order valence-electron chi connectivity index (χ4n) is 1.46. The van der Waals surface area contributed by atoms with E-state index in [1.54, 1.807) is 0 Å². The Morgan fingerprint density at radius 2 is 1.24 bits per heavy atom. The quantitative estimate of drug-likeness (QED) is 0.279. The molecular formula is C16H26O. The third kappa shape index (κ3) is 14.9. The van der Waals surface area contributed by atoms with Crippen LogP contribution in [0.5, 0.6) is 0 Å². The Kier molecular flexibility index (Phi) is 13.9. The van der Waals surface area contributed by atoms with Gasteiger partial charge in [0.25, 0.3) is 0 Å². The smallest absolute Gasteiger partial charge is 0.120 e. The monoisotopic (exact) mass is 234 g/mol. The summed E-state index contributed by atoms with van der Waals surface area (Å²) in [4.78, 5) is 10.1. The molecule has 17 heavy (non-hydrogen) atoms. The summed E-state index contributed by atoms with van der Waals surface area (Å²) in [7, 11) is 0. The van der Waals surface area contributed by atoms with Gasteiger partial charge in [-0.25, -0.2) is 0 Å². The maximum absolute atomic E-state index is 10.1. The molecule has 0 aliphatic heterocycles. The first-order valence-corrected chi connectivity index (χ1v) is 6.80. The predicted molar refractivity (Wildman–Crippen MR) is 76.1 cm³/mol. The molecule has 0 spiro atoms. The van der Waals surface area contributed by atoms with Crippen molar-refractivity contribution in [2.45, 2.75) is 58.3 Å². The van der Waals surface area contributed by atoms with Crippen LogP contribution in [0, 0.1) is 0 Å². The number of allylic oxidation sites excluding steroid dienone is 6. The summed E-state index contributed by atoms with van der Waals surface area (Å²) < 4.78 is 0. The van der Waals surface area contributed by atoms with Crippen molar-refractivity contribution >= 4 is 6.29 Å². The van der Waals surface area contributed by atoms with E-state index in [1.807, 2.05) is 0 Å². The van der Waals surface area contributed by atoms with Crippen LogP contribution in [0.25, 0.3) is 0 Å². The lowest BCUT2D eigenvalue weighted by molar-refractivity contribution is -0.107. The number of hydrogen-bond donors (Lipinski definition) is 0. The zero-order valence-corrected chi connectivity index (χ0v) is 11.1. The Labute approximate surface area is 106 Å². The van der Waals surface area contributed by atoms with Gasteiger partial charge >= 0.3 is 0 Å². The number of rotatable bonds is 11. The first kappa shape index (κ1) is 15.9. The predicted octanol–water partition coefficient (Wildman–Crippen LogP) is 4.99. The van der Waals surface area contributed by atoms with Crippen molar-refractivity contribution in [2.24, 2.45) is 0 Å². The van der Waals surface area contributed by atoms with Gasteiger partial charge in [0.05, 0.1) is 0 Å². The summed E-state index contributed by atoms with van der Waals surface area (Å²) in [6.07, 6.45) is 22.8. The van der Waals surface area contributed by atoms with Crippen LogP contribution in [-0.4, -0.2) is 6.29 Å². The first-order valence-electron chi connectivity index (χ1n) is 6.80. The molecule has 0 N–H and O–H groups in total. The van der Waals surface area contributed by atoms with E-state index in [-0.39, 0.29) is 0 Å². The summed E-state index contributed by atoms with van der Waals surface area (Å²) in [5, 5.41) is 0. The minimum absolute atomic E-state index is 0.693. The minimum atomic E-state index is 0.693. The molecule has 0 amide bonds. The van der Waals surface area contributed by atoms with Gasteiger partial charge in [-0.3, -0.25) is 0 Å². The zero-order valence-electron chi connectivity index (χ0n) is 11.1. The van der Waals surface area contributed by atoms with Gasteiger partial charge in [0, 0.05) is 6.42 Å². The largest absolute Gasteiger partial charge is 0.303 e. The highest BCUT2D eigenvalue weighted by Crippen LogP contribution is 2.01. The Bertz CT molecular complexity index is 236. The molecular weight excluding hydrogens is 208 g/mol. The molecule has 0 aromatic heterocycles. The molecule has 0 atom stereocenters. The van der Waals surface area contributed by atoms with Crippen molar-refractivity contribution in [1.82, 2.24) is 0 Å². The lowest BCUT2D eigenvalue weighted by Gasteiger charge is -1.91. The molecule has 0 bridgehead atoms. The van der Waals surface area contributed by atoms with Crippen molar-refractivity contribution in [3.05, 3.63) is 36.5 Å². The molecule has 0 aromatic carbocycles. The summed E-state index contributed by atoms with van der Waals surface area (Å²) in [5.74, 6) is 0. The molecule has 96 valence electrons. The van der Waals surface area contributed by atoms with Crippen LogP contribution in [0.15, 0.2) is 36.5 Å². The van der Waals surface area contributed by atoms with E-state index in [0.717, 1.165) is 38.4 Å². The van der Waals surface area contributed by atoms with Gasteiger partial charge in [-0.05, 0) is 44.9 Å². The highest BCUT2D eigenvalue weighted by molar-refractivity contribution is 5.48. The van der Waals surface area contributed by atoms with Crippen LogP contribution in [0.2, 0.25) is 0 Å². The van der Waals surface area contributed by atoms with Gasteiger partial charge < -0.3 is 4.79 Å². The Balaban J connectivity index is 3.22. The molecule has 1 nitrogen and oxygen atoms in total. The fourth-order valence-corrected chi connectivity index (χ4v) is 1.46. The third-order valence-corrected chi connectivity index (χ3v) is 2.44. The normalized spacial score (nSPS) is 12.1. The Morgan fingerprint density at radius 3 is 1.82 bits per heavy atom. The third-order valence-electron chi connectivity index (χ3n) is 2.44. The minimum Gasteiger partial charge on any atom is -0.303 e. The van der Waals surface area contributed by atoms with E-state index in [4.69, 9.17) is 0 Å². The SMILES string of the molecule is CCC=CCC=CCCCC=CCCCC=O. The summed E-state index contributed by atoms with van der Waals surface area (Å²) in [5.41, 5.74) is 0. The maximum atomic E-state index is 10.1. The summed E-state index contributed by atoms with van der Waals surface area (Å²) in [6.45, 7) is 2.15. The maximum Gasteiger partial charge on any atom is 0.120 e. The molecule has 0 heterocycles. The number of unbranched alkanes of at least 4 members (excludes halogenated alkanes) is 4. The average Bonchev–Trinajstić information content (AvgIpc) is 2.35. The second-order valence-corrected chi connectivity index (χ2v) is 4.09. The van der Waals surface area contributed by atoms with Crippen LogP contribution in [-0.2, 0) is 4.79 Å². The van der Waals surface area contributed by atoms with Crippen molar-refractivity contribution in [1.29, 1.82) is 0 Å². The van der Waals surface area contributed by atoms with E-state index < -0.39 is 0 Å². The van der Waals surface area contributed by atoms with Crippen LogP contribution in [0.3, 0.4) is 0 Å². The number of aldehydes is 1. The van der Waals surface area contributed by atoms with E-state index in [1.165, 1.54) is 12.8 Å². The molecule has 0 aromatic rings. The van der Waals surface area contributed by atoms with Crippen LogP contribution < -0.4 is 0 Å². The van der Waals surface area contributed by atoms with E-state index in [9.17, 15) is 4.79 Å². The molecule has 1 heteroatoms. The molecule has 0 aliphatic carbocycles. The van der Waals surface area contributed by atoms with Crippen molar-refractivity contribution in [3.8, 4) is 0 Å². The van der Waals surface area contributed by atoms with Crippen molar-refractivity contribution in [3.63, 3.8) is 0 Å². The standard InChI is InChI=1S/C16H26O/c1-2-3-4-5-6-7-8-9-10-11-12-13-14-15-16-17/h3-4,6-7,11-12,16H,2,5,8-10,13-15H2,1H3. The lowest BCUT2D eigenvalue weighted by Crippen LogP contribution is -1.74. The van der Waals surface area contributed by atoms with Crippen LogP contribution >= 0.6 is 0 Å². The average molecular weight is 234 g/mol. The fraction of sp³-hybridized carbons (Fsp3) is 0.562. The van der Waals surface area contributed by atoms with Crippen LogP contribution in [0.1, 0.15) is 58.3 Å². The van der Waals surface area contributed by atoms with Crippen molar-refractivity contribution < 1.29 is 4.79 Å². The number of carbonyl (C=O) groups excluding carboxylic acids is 1. The van der Waals surface area contributed by atoms with Gasteiger partial charge in [0.1, 0.15) is 6.29 Å². The Hall–Kier alpha value is -1.11. The lowest BCUT2D eigenvalue weighted by atomic mass is 10.2. The molecule has 0 rings (SSSR count). The zero-order chi connectivity index (χ0) is 12.6. The Morgan fingerprint density at radius 1 is 0.706 bits per heavy atom. The molecule has 0 fully saturated rings. The second kappa shape index (κ2) is 14.9. The topological polar surface area (TPSA) is 17.1 Å². The van der Waals surface area contributed by atoms with Gasteiger partial charge in [-0.2, -0.15) is 0 Å². The number of carbonyl (C=O) groups is 1. The summed E-state index contributed by atoms with van der Waals surface area (Å²) in [6, 6.07) is 0. The van der Waals surface area contributed by atoms with E-state index in [0.29, 0.717) is 6.42 Å². The van der Waals surface area contributed by atoms with Crippen molar-refractivity contribution in [2.75, 3.05) is 0 Å². The first-order chi connectivity index (χ1) is 8.41.